The molecular weight excluding hydrogens is 422 g/mol. The number of benzene rings is 2. The number of amides is 1. The van der Waals surface area contributed by atoms with Gasteiger partial charge >= 0.3 is 0 Å². The molecule has 4 rings (SSSR count). The van der Waals surface area contributed by atoms with Crippen LogP contribution in [0.2, 0.25) is 0 Å². The molecule has 0 saturated carbocycles. The minimum Gasteiger partial charge on any atom is -0.493 e. The van der Waals surface area contributed by atoms with E-state index in [-0.39, 0.29) is 11.8 Å². The van der Waals surface area contributed by atoms with Crippen molar-refractivity contribution in [3.8, 4) is 17.2 Å². The maximum Gasteiger partial charge on any atom is 0.226 e. The number of anilines is 1. The van der Waals surface area contributed by atoms with Gasteiger partial charge in [0.15, 0.2) is 11.5 Å². The zero-order chi connectivity index (χ0) is 19.7. The van der Waals surface area contributed by atoms with Gasteiger partial charge in [0, 0.05) is 22.4 Å². The Kier molecular flexibility index (Phi) is 5.09. The second-order valence-corrected chi connectivity index (χ2v) is 7.40. The molecular formula is C21H20BrN3O3. The van der Waals surface area contributed by atoms with Crippen LogP contribution in [0.15, 0.2) is 53.1 Å². The molecule has 0 radical (unpaired) electrons. The first kappa shape index (κ1) is 18.6. The lowest BCUT2D eigenvalue weighted by Crippen LogP contribution is -2.24. The number of nitrogens with zero attached hydrogens (tertiary/aromatic N) is 2. The molecule has 0 saturated heterocycles. The van der Waals surface area contributed by atoms with Crippen molar-refractivity contribution in [3.63, 3.8) is 0 Å². The molecule has 6 nitrogen and oxygen atoms in total. The van der Waals surface area contributed by atoms with Gasteiger partial charge in [-0.15, -0.1) is 0 Å². The van der Waals surface area contributed by atoms with Crippen molar-refractivity contribution in [2.24, 2.45) is 0 Å². The molecule has 7 heteroatoms. The van der Waals surface area contributed by atoms with Gasteiger partial charge in [0.05, 0.1) is 25.6 Å². The maximum absolute atomic E-state index is 12.5. The number of fused-ring (bicyclic) bond motifs is 1. The highest BCUT2D eigenvalue weighted by Crippen LogP contribution is 2.40. The number of ether oxygens (including phenoxy) is 2. The average Bonchev–Trinajstić information content (AvgIpc) is 3.12. The largest absolute Gasteiger partial charge is 0.493 e. The number of carbonyl (C=O) groups excluding carboxylic acids is 1. The lowest BCUT2D eigenvalue weighted by atomic mass is 9.87. The molecule has 1 aliphatic heterocycles. The summed E-state index contributed by atoms with van der Waals surface area (Å²) in [6.45, 7) is 2.49. The van der Waals surface area contributed by atoms with Crippen LogP contribution in [0, 0.1) is 0 Å². The molecule has 28 heavy (non-hydrogen) atoms. The summed E-state index contributed by atoms with van der Waals surface area (Å²) in [4.78, 5) is 12.5. The summed E-state index contributed by atoms with van der Waals surface area (Å²) in [7, 11) is 1.62. The van der Waals surface area contributed by atoms with Crippen molar-refractivity contribution >= 4 is 27.7 Å². The first-order valence-electron chi connectivity index (χ1n) is 9.05. The van der Waals surface area contributed by atoms with Gasteiger partial charge in [-0.25, -0.2) is 4.68 Å². The van der Waals surface area contributed by atoms with E-state index in [4.69, 9.17) is 9.47 Å². The standard InChI is InChI=1S/C21H20BrN3O3/c1-3-28-18-9-4-13(10-19(18)27-2)16-11-20(26)24-21-17(16)12-23-25(21)15-7-5-14(22)6-8-15/h4-10,12,16H,3,11H2,1-2H3,(H,24,26). The SMILES string of the molecule is CCOc1ccc(C2CC(=O)Nc3c2cnn3-c2ccc(Br)cc2)cc1OC. The van der Waals surface area contributed by atoms with Gasteiger partial charge in [0.2, 0.25) is 5.91 Å². The molecule has 3 aromatic rings. The summed E-state index contributed by atoms with van der Waals surface area (Å²) in [5.74, 6) is 1.92. The van der Waals surface area contributed by atoms with E-state index >= 15 is 0 Å². The van der Waals surface area contributed by atoms with Crippen LogP contribution in [0.4, 0.5) is 5.82 Å². The lowest BCUT2D eigenvalue weighted by Gasteiger charge is -2.24. The summed E-state index contributed by atoms with van der Waals surface area (Å²) in [5.41, 5.74) is 2.86. The number of hydrogen-bond donors (Lipinski definition) is 1. The van der Waals surface area contributed by atoms with Crippen molar-refractivity contribution < 1.29 is 14.3 Å². The van der Waals surface area contributed by atoms with Gasteiger partial charge in [0.25, 0.3) is 0 Å². The predicted molar refractivity (Wildman–Crippen MR) is 111 cm³/mol. The number of nitrogens with one attached hydrogen (secondary N) is 1. The van der Waals surface area contributed by atoms with Crippen LogP contribution in [0.5, 0.6) is 11.5 Å². The van der Waals surface area contributed by atoms with Gasteiger partial charge in [-0.2, -0.15) is 5.10 Å². The lowest BCUT2D eigenvalue weighted by molar-refractivity contribution is -0.116. The van der Waals surface area contributed by atoms with Crippen LogP contribution in [0.1, 0.15) is 30.4 Å². The summed E-state index contributed by atoms with van der Waals surface area (Å²) in [6, 6.07) is 13.6. The van der Waals surface area contributed by atoms with E-state index in [2.05, 4.69) is 26.3 Å². The van der Waals surface area contributed by atoms with Gasteiger partial charge < -0.3 is 14.8 Å². The predicted octanol–water partition coefficient (Wildman–Crippen LogP) is 4.52. The Labute approximate surface area is 171 Å². The molecule has 1 atom stereocenters. The third-order valence-electron chi connectivity index (χ3n) is 4.78. The monoisotopic (exact) mass is 441 g/mol. The molecule has 144 valence electrons. The van der Waals surface area contributed by atoms with Crippen molar-refractivity contribution in [3.05, 3.63) is 64.3 Å². The van der Waals surface area contributed by atoms with Crippen molar-refractivity contribution in [1.82, 2.24) is 9.78 Å². The molecule has 1 N–H and O–H groups in total. The second-order valence-electron chi connectivity index (χ2n) is 6.48. The zero-order valence-corrected chi connectivity index (χ0v) is 17.2. The highest BCUT2D eigenvalue weighted by molar-refractivity contribution is 9.10. The first-order valence-corrected chi connectivity index (χ1v) is 9.84. The first-order chi connectivity index (χ1) is 13.6. The third kappa shape index (κ3) is 3.38. The van der Waals surface area contributed by atoms with Crippen LogP contribution in [-0.2, 0) is 4.79 Å². The van der Waals surface area contributed by atoms with E-state index in [9.17, 15) is 4.79 Å². The van der Waals surface area contributed by atoms with Crippen molar-refractivity contribution in [2.45, 2.75) is 19.3 Å². The van der Waals surface area contributed by atoms with Crippen LogP contribution in [0.3, 0.4) is 0 Å². The Hall–Kier alpha value is -2.80. The van der Waals surface area contributed by atoms with Crippen LogP contribution >= 0.6 is 15.9 Å². The molecule has 1 aromatic heterocycles. The number of carbonyl (C=O) groups is 1. The highest BCUT2D eigenvalue weighted by atomic mass is 79.9. The Morgan fingerprint density at radius 1 is 1.21 bits per heavy atom. The molecule has 0 bridgehead atoms. The minimum absolute atomic E-state index is 0.0378. The van der Waals surface area contributed by atoms with E-state index in [1.165, 1.54) is 0 Å². The van der Waals surface area contributed by atoms with Crippen molar-refractivity contribution in [2.75, 3.05) is 19.0 Å². The minimum atomic E-state index is -0.0995. The molecule has 1 aliphatic rings. The molecule has 0 aliphatic carbocycles. The number of aromatic nitrogens is 2. The fourth-order valence-electron chi connectivity index (χ4n) is 3.47. The number of rotatable bonds is 5. The summed E-state index contributed by atoms with van der Waals surface area (Å²) >= 11 is 3.44. The normalized spacial score (nSPS) is 15.7. The quantitative estimate of drug-likeness (QED) is 0.631. The van der Waals surface area contributed by atoms with Gasteiger partial charge in [0.1, 0.15) is 5.82 Å². The molecule has 2 heterocycles. The third-order valence-corrected chi connectivity index (χ3v) is 5.31. The maximum atomic E-state index is 12.5. The summed E-state index contributed by atoms with van der Waals surface area (Å²) in [5, 5.41) is 7.50. The van der Waals surface area contributed by atoms with Crippen LogP contribution < -0.4 is 14.8 Å². The molecule has 2 aromatic carbocycles. The number of halogens is 1. The van der Waals surface area contributed by atoms with E-state index in [0.717, 1.165) is 21.3 Å². The Morgan fingerprint density at radius 2 is 2.00 bits per heavy atom. The Bertz CT molecular complexity index is 1010. The van der Waals surface area contributed by atoms with Crippen LogP contribution in [-0.4, -0.2) is 29.4 Å². The summed E-state index contributed by atoms with van der Waals surface area (Å²) in [6.07, 6.45) is 2.18. The average molecular weight is 442 g/mol. The van der Waals surface area contributed by atoms with E-state index in [0.29, 0.717) is 30.3 Å². The molecule has 1 amide bonds. The summed E-state index contributed by atoms with van der Waals surface area (Å²) < 4.78 is 13.8. The fraction of sp³-hybridized carbons (Fsp3) is 0.238. The Morgan fingerprint density at radius 3 is 2.71 bits per heavy atom. The molecule has 0 fully saturated rings. The topological polar surface area (TPSA) is 65.4 Å². The fourth-order valence-corrected chi connectivity index (χ4v) is 3.74. The highest BCUT2D eigenvalue weighted by Gasteiger charge is 2.31. The molecule has 0 spiro atoms. The second kappa shape index (κ2) is 7.67. The van der Waals surface area contributed by atoms with Crippen LogP contribution in [0.25, 0.3) is 5.69 Å². The number of hydrogen-bond acceptors (Lipinski definition) is 4. The smallest absolute Gasteiger partial charge is 0.226 e. The van der Waals surface area contributed by atoms with Crippen molar-refractivity contribution in [1.29, 1.82) is 0 Å². The number of methoxy groups -OCH3 is 1. The van der Waals surface area contributed by atoms with E-state index in [1.807, 2.05) is 55.6 Å². The van der Waals surface area contributed by atoms with Gasteiger partial charge in [-0.05, 0) is 48.9 Å². The van der Waals surface area contributed by atoms with E-state index < -0.39 is 0 Å². The van der Waals surface area contributed by atoms with E-state index in [1.54, 1.807) is 11.8 Å². The van der Waals surface area contributed by atoms with Gasteiger partial charge in [-0.3, -0.25) is 4.79 Å². The molecule has 1 unspecified atom stereocenters. The Balaban J connectivity index is 1.76. The zero-order valence-electron chi connectivity index (χ0n) is 15.6. The van der Waals surface area contributed by atoms with Gasteiger partial charge in [-0.1, -0.05) is 22.0 Å².